The molecule has 0 saturated heterocycles. The highest BCUT2D eigenvalue weighted by molar-refractivity contribution is 9.10. The number of rotatable bonds is 6. The Balaban J connectivity index is 1.97. The van der Waals surface area contributed by atoms with E-state index in [0.29, 0.717) is 0 Å². The van der Waals surface area contributed by atoms with Gasteiger partial charge in [0.25, 0.3) is 0 Å². The second kappa shape index (κ2) is 7.99. The lowest BCUT2D eigenvalue weighted by atomic mass is 10.0. The van der Waals surface area contributed by atoms with E-state index in [2.05, 4.69) is 71.6 Å². The largest absolute Gasteiger partial charge is 0.271 e. The van der Waals surface area contributed by atoms with Gasteiger partial charge >= 0.3 is 0 Å². The van der Waals surface area contributed by atoms with Gasteiger partial charge in [0.05, 0.1) is 0 Å². The molecule has 21 heavy (non-hydrogen) atoms. The molecule has 3 N–H and O–H groups in total. The number of hydrogen-bond acceptors (Lipinski definition) is 3. The van der Waals surface area contributed by atoms with Crippen molar-refractivity contribution in [3.05, 3.63) is 63.6 Å². The van der Waals surface area contributed by atoms with Crippen molar-refractivity contribution in [2.45, 2.75) is 31.2 Å². The SMILES string of the molecule is Cc1ccc(CC(CSc2ccccc2Br)NN)cc1C. The third-order valence-corrected chi connectivity index (χ3v) is 5.76. The van der Waals surface area contributed by atoms with E-state index < -0.39 is 0 Å². The number of nitrogens with one attached hydrogen (secondary N) is 1. The van der Waals surface area contributed by atoms with E-state index in [-0.39, 0.29) is 6.04 Å². The van der Waals surface area contributed by atoms with Gasteiger partial charge in [0.1, 0.15) is 0 Å². The minimum absolute atomic E-state index is 0.254. The predicted octanol–water partition coefficient (Wildman–Crippen LogP) is 4.23. The Kier molecular flexibility index (Phi) is 6.30. The summed E-state index contributed by atoms with van der Waals surface area (Å²) in [7, 11) is 0. The van der Waals surface area contributed by atoms with Crippen molar-refractivity contribution in [3.8, 4) is 0 Å². The molecule has 0 bridgehead atoms. The summed E-state index contributed by atoms with van der Waals surface area (Å²) in [4.78, 5) is 1.25. The molecule has 2 aromatic carbocycles. The molecule has 2 rings (SSSR count). The van der Waals surface area contributed by atoms with Gasteiger partial charge in [-0.1, -0.05) is 30.3 Å². The maximum absolute atomic E-state index is 5.72. The van der Waals surface area contributed by atoms with E-state index >= 15 is 0 Å². The molecule has 0 radical (unpaired) electrons. The third kappa shape index (κ3) is 4.85. The lowest BCUT2D eigenvalue weighted by Gasteiger charge is -2.16. The van der Waals surface area contributed by atoms with Crippen molar-refractivity contribution < 1.29 is 0 Å². The minimum atomic E-state index is 0.254. The van der Waals surface area contributed by atoms with Gasteiger partial charge in [0, 0.05) is 21.2 Å². The molecule has 1 unspecified atom stereocenters. The van der Waals surface area contributed by atoms with Gasteiger partial charge in [-0.15, -0.1) is 11.8 Å². The van der Waals surface area contributed by atoms with E-state index in [1.807, 2.05) is 17.8 Å². The Morgan fingerprint density at radius 3 is 2.57 bits per heavy atom. The van der Waals surface area contributed by atoms with Gasteiger partial charge in [-0.25, -0.2) is 0 Å². The second-order valence-corrected chi connectivity index (χ2v) is 7.14. The first-order valence-corrected chi connectivity index (χ1v) is 8.77. The van der Waals surface area contributed by atoms with Crippen molar-refractivity contribution in [3.63, 3.8) is 0 Å². The maximum atomic E-state index is 5.72. The van der Waals surface area contributed by atoms with E-state index in [0.717, 1.165) is 16.6 Å². The van der Waals surface area contributed by atoms with Crippen LogP contribution in [0.5, 0.6) is 0 Å². The van der Waals surface area contributed by atoms with Crippen LogP contribution in [-0.4, -0.2) is 11.8 Å². The van der Waals surface area contributed by atoms with Crippen LogP contribution in [0.25, 0.3) is 0 Å². The number of benzene rings is 2. The summed E-state index contributed by atoms with van der Waals surface area (Å²) in [6, 6.07) is 15.2. The fourth-order valence-electron chi connectivity index (χ4n) is 2.13. The molecule has 0 fully saturated rings. The Morgan fingerprint density at radius 2 is 1.90 bits per heavy atom. The molecule has 0 spiro atoms. The van der Waals surface area contributed by atoms with Gasteiger partial charge in [-0.05, 0) is 65.0 Å². The van der Waals surface area contributed by atoms with Crippen LogP contribution in [0.4, 0.5) is 0 Å². The molecular weight excluding hydrogens is 344 g/mol. The highest BCUT2D eigenvalue weighted by atomic mass is 79.9. The average molecular weight is 365 g/mol. The van der Waals surface area contributed by atoms with Gasteiger partial charge in [0.15, 0.2) is 0 Å². The normalized spacial score (nSPS) is 12.4. The van der Waals surface area contributed by atoms with E-state index in [4.69, 9.17) is 5.84 Å². The zero-order chi connectivity index (χ0) is 15.2. The van der Waals surface area contributed by atoms with Gasteiger partial charge in [-0.2, -0.15) is 0 Å². The van der Waals surface area contributed by atoms with Crippen LogP contribution in [0.2, 0.25) is 0 Å². The molecule has 1 atom stereocenters. The highest BCUT2D eigenvalue weighted by Crippen LogP contribution is 2.27. The number of thioether (sulfide) groups is 1. The topological polar surface area (TPSA) is 38.0 Å². The summed E-state index contributed by atoms with van der Waals surface area (Å²) in [6.07, 6.45) is 0.940. The van der Waals surface area contributed by atoms with Crippen LogP contribution in [-0.2, 0) is 6.42 Å². The molecule has 2 aromatic rings. The molecular formula is C17H21BrN2S. The first-order valence-electron chi connectivity index (χ1n) is 6.99. The summed E-state index contributed by atoms with van der Waals surface area (Å²) in [6.45, 7) is 4.29. The predicted molar refractivity (Wildman–Crippen MR) is 95.6 cm³/mol. The Hall–Kier alpha value is -0.810. The second-order valence-electron chi connectivity index (χ2n) is 5.23. The number of aryl methyl sites for hydroxylation is 2. The average Bonchev–Trinajstić information content (AvgIpc) is 2.48. The van der Waals surface area contributed by atoms with Crippen molar-refractivity contribution in [2.75, 3.05) is 5.75 Å². The van der Waals surface area contributed by atoms with Gasteiger partial charge < -0.3 is 0 Å². The molecule has 112 valence electrons. The zero-order valence-corrected chi connectivity index (χ0v) is 14.8. The van der Waals surface area contributed by atoms with Crippen LogP contribution in [0.3, 0.4) is 0 Å². The number of nitrogens with two attached hydrogens (primary N) is 1. The maximum Gasteiger partial charge on any atom is 0.0344 e. The molecule has 4 heteroatoms. The van der Waals surface area contributed by atoms with Crippen LogP contribution in [0.15, 0.2) is 51.8 Å². The first kappa shape index (κ1) is 16.6. The van der Waals surface area contributed by atoms with Crippen molar-refractivity contribution in [2.24, 2.45) is 5.84 Å². The fraction of sp³-hybridized carbons (Fsp3) is 0.294. The fourth-order valence-corrected chi connectivity index (χ4v) is 3.74. The molecule has 0 aromatic heterocycles. The van der Waals surface area contributed by atoms with Crippen LogP contribution < -0.4 is 11.3 Å². The van der Waals surface area contributed by atoms with Gasteiger partial charge in [0.2, 0.25) is 0 Å². The summed E-state index contributed by atoms with van der Waals surface area (Å²) < 4.78 is 1.14. The molecule has 0 aliphatic carbocycles. The summed E-state index contributed by atoms with van der Waals surface area (Å²) >= 11 is 5.40. The molecule has 0 saturated carbocycles. The molecule has 0 amide bonds. The molecule has 0 aliphatic heterocycles. The number of hydrogen-bond donors (Lipinski definition) is 2. The third-order valence-electron chi connectivity index (χ3n) is 3.57. The van der Waals surface area contributed by atoms with Crippen LogP contribution in [0, 0.1) is 13.8 Å². The van der Waals surface area contributed by atoms with E-state index in [1.165, 1.54) is 21.6 Å². The molecule has 0 heterocycles. The van der Waals surface area contributed by atoms with Crippen molar-refractivity contribution >= 4 is 27.7 Å². The quantitative estimate of drug-likeness (QED) is 0.457. The first-order chi connectivity index (χ1) is 10.1. The van der Waals surface area contributed by atoms with Crippen LogP contribution >= 0.6 is 27.7 Å². The monoisotopic (exact) mass is 364 g/mol. The standard InChI is InChI=1S/C17H21BrN2S/c1-12-7-8-14(9-13(12)2)10-15(20-19)11-21-17-6-4-3-5-16(17)18/h3-9,15,20H,10-11,19H2,1-2H3. The van der Waals surface area contributed by atoms with Crippen molar-refractivity contribution in [1.29, 1.82) is 0 Å². The van der Waals surface area contributed by atoms with Gasteiger partial charge in [-0.3, -0.25) is 11.3 Å². The molecule has 0 aliphatic rings. The Bertz CT molecular complexity index is 601. The summed E-state index contributed by atoms with van der Waals surface area (Å²) in [5, 5.41) is 0. The number of hydrazine groups is 1. The molecule has 2 nitrogen and oxygen atoms in total. The van der Waals surface area contributed by atoms with Crippen molar-refractivity contribution in [1.82, 2.24) is 5.43 Å². The zero-order valence-electron chi connectivity index (χ0n) is 12.4. The van der Waals surface area contributed by atoms with E-state index in [9.17, 15) is 0 Å². The smallest absolute Gasteiger partial charge is 0.0344 e. The minimum Gasteiger partial charge on any atom is -0.271 e. The summed E-state index contributed by atoms with van der Waals surface area (Å²) in [5.74, 6) is 6.65. The number of halogens is 1. The Labute approximate surface area is 139 Å². The lowest BCUT2D eigenvalue weighted by Crippen LogP contribution is -2.38. The highest BCUT2D eigenvalue weighted by Gasteiger charge is 2.10. The van der Waals surface area contributed by atoms with Crippen LogP contribution in [0.1, 0.15) is 16.7 Å². The summed E-state index contributed by atoms with van der Waals surface area (Å²) in [5.41, 5.74) is 6.93. The Morgan fingerprint density at radius 1 is 1.14 bits per heavy atom. The lowest BCUT2D eigenvalue weighted by molar-refractivity contribution is 0.575. The van der Waals surface area contributed by atoms with E-state index in [1.54, 1.807) is 0 Å².